The van der Waals surface area contributed by atoms with Crippen LogP contribution >= 0.6 is 0 Å². The summed E-state index contributed by atoms with van der Waals surface area (Å²) in [6, 6.07) is 11.5. The lowest BCUT2D eigenvalue weighted by Crippen LogP contribution is -2.19. The highest BCUT2D eigenvalue weighted by Gasteiger charge is 2.11. The fourth-order valence-corrected chi connectivity index (χ4v) is 2.13. The van der Waals surface area contributed by atoms with E-state index >= 15 is 0 Å². The Morgan fingerprint density at radius 2 is 1.63 bits per heavy atom. The fourth-order valence-electron chi connectivity index (χ4n) is 2.13. The number of ketones is 1. The topological polar surface area (TPSA) is 81.7 Å². The van der Waals surface area contributed by atoms with Crippen LogP contribution < -0.4 is 10.1 Å². The van der Waals surface area contributed by atoms with Crippen LogP contribution in [0.5, 0.6) is 5.75 Å². The summed E-state index contributed by atoms with van der Waals surface area (Å²) in [7, 11) is 0. The molecule has 0 aliphatic heterocycles. The van der Waals surface area contributed by atoms with Gasteiger partial charge in [-0.05, 0) is 55.0 Å². The number of rotatable bonds is 9. The van der Waals surface area contributed by atoms with Gasteiger partial charge in [-0.15, -0.1) is 0 Å². The molecule has 0 saturated heterocycles. The molecule has 0 fully saturated rings. The lowest BCUT2D eigenvalue weighted by Gasteiger charge is -2.08. The largest absolute Gasteiger partial charge is 0.482 e. The number of carbonyl (C=O) groups is 3. The molecule has 0 heterocycles. The highest BCUT2D eigenvalue weighted by molar-refractivity contribution is 5.98. The number of Topliss-reactive ketones (excluding diaryl/α,β-unsaturated/α-hetero) is 1. The molecule has 0 aliphatic carbocycles. The summed E-state index contributed by atoms with van der Waals surface area (Å²) in [6.07, 6.45) is 1.18. The first-order valence-electron chi connectivity index (χ1n) is 8.45. The Bertz CT molecular complexity index is 787. The summed E-state index contributed by atoms with van der Waals surface area (Å²) >= 11 is 0. The number of ether oxygens (including phenoxy) is 2. The zero-order valence-electron chi connectivity index (χ0n) is 14.9. The molecule has 0 radical (unpaired) electrons. The molecule has 0 atom stereocenters. The molecule has 1 amide bonds. The van der Waals surface area contributed by atoms with Crippen LogP contribution in [-0.4, -0.2) is 30.9 Å². The second-order valence-corrected chi connectivity index (χ2v) is 5.70. The van der Waals surface area contributed by atoms with Crippen molar-refractivity contribution in [1.82, 2.24) is 0 Å². The Labute approximate surface area is 156 Å². The number of halogens is 1. The van der Waals surface area contributed by atoms with E-state index < -0.39 is 18.4 Å². The number of hydrogen-bond donors (Lipinski definition) is 1. The minimum Gasteiger partial charge on any atom is -0.482 e. The number of esters is 1. The number of benzene rings is 2. The van der Waals surface area contributed by atoms with Crippen molar-refractivity contribution >= 4 is 23.3 Å². The number of amides is 1. The average molecular weight is 373 g/mol. The summed E-state index contributed by atoms with van der Waals surface area (Å²) in [5.74, 6) is -1.27. The van der Waals surface area contributed by atoms with Gasteiger partial charge in [-0.3, -0.25) is 9.59 Å². The molecule has 27 heavy (non-hydrogen) atoms. The number of nitrogens with one attached hydrogen (secondary N) is 1. The molecule has 0 aliphatic rings. The van der Waals surface area contributed by atoms with Crippen molar-refractivity contribution in [3.8, 4) is 5.75 Å². The minimum absolute atomic E-state index is 0.0911. The highest BCUT2D eigenvalue weighted by atomic mass is 19.1. The second kappa shape index (κ2) is 10.1. The third kappa shape index (κ3) is 6.89. The Morgan fingerprint density at radius 1 is 0.963 bits per heavy atom. The van der Waals surface area contributed by atoms with Gasteiger partial charge < -0.3 is 14.8 Å². The predicted molar refractivity (Wildman–Crippen MR) is 97.2 cm³/mol. The predicted octanol–water partition coefficient (Wildman–Crippen LogP) is 3.37. The van der Waals surface area contributed by atoms with Crippen LogP contribution in [0.25, 0.3) is 0 Å². The van der Waals surface area contributed by atoms with Gasteiger partial charge in [0.25, 0.3) is 0 Å². The van der Waals surface area contributed by atoms with Gasteiger partial charge >= 0.3 is 5.97 Å². The Kier molecular flexibility index (Phi) is 7.49. The number of carbonyl (C=O) groups excluding carboxylic acids is 3. The van der Waals surface area contributed by atoms with Crippen LogP contribution in [0.3, 0.4) is 0 Å². The molecule has 1 N–H and O–H groups in total. The van der Waals surface area contributed by atoms with Crippen molar-refractivity contribution in [2.45, 2.75) is 19.8 Å². The zero-order valence-corrected chi connectivity index (χ0v) is 14.9. The van der Waals surface area contributed by atoms with E-state index in [0.717, 1.165) is 6.42 Å². The van der Waals surface area contributed by atoms with Gasteiger partial charge in [0.1, 0.15) is 11.6 Å². The van der Waals surface area contributed by atoms with E-state index in [1.165, 1.54) is 24.3 Å². The first-order valence-corrected chi connectivity index (χ1v) is 8.45. The van der Waals surface area contributed by atoms with Crippen LogP contribution in [0.15, 0.2) is 48.5 Å². The van der Waals surface area contributed by atoms with E-state index in [1.807, 2.05) is 6.92 Å². The summed E-state index contributed by atoms with van der Waals surface area (Å²) in [5.41, 5.74) is 0.949. The summed E-state index contributed by atoms with van der Waals surface area (Å²) in [5, 5.41) is 2.72. The number of hydrogen-bond acceptors (Lipinski definition) is 5. The maximum Gasteiger partial charge on any atom is 0.344 e. The summed E-state index contributed by atoms with van der Waals surface area (Å²) < 4.78 is 22.8. The van der Waals surface area contributed by atoms with Gasteiger partial charge in [-0.1, -0.05) is 6.92 Å². The van der Waals surface area contributed by atoms with Crippen molar-refractivity contribution in [2.24, 2.45) is 0 Å². The van der Waals surface area contributed by atoms with Gasteiger partial charge in [0, 0.05) is 17.7 Å². The van der Waals surface area contributed by atoms with E-state index in [4.69, 9.17) is 9.47 Å². The van der Waals surface area contributed by atoms with Crippen LogP contribution in [0.4, 0.5) is 10.1 Å². The zero-order chi connectivity index (χ0) is 19.6. The molecule has 6 nitrogen and oxygen atoms in total. The van der Waals surface area contributed by atoms with Crippen molar-refractivity contribution in [1.29, 1.82) is 0 Å². The van der Waals surface area contributed by atoms with Gasteiger partial charge in [0.2, 0.25) is 5.91 Å². The van der Waals surface area contributed by atoms with Crippen molar-refractivity contribution in [3.05, 3.63) is 59.9 Å². The Morgan fingerprint density at radius 3 is 2.26 bits per heavy atom. The minimum atomic E-state index is -0.712. The number of anilines is 1. The first kappa shape index (κ1) is 20.1. The highest BCUT2D eigenvalue weighted by Crippen LogP contribution is 2.12. The van der Waals surface area contributed by atoms with E-state index in [0.29, 0.717) is 23.4 Å². The molecular formula is C20H20FNO5. The first-order chi connectivity index (χ1) is 13.0. The monoisotopic (exact) mass is 373 g/mol. The van der Waals surface area contributed by atoms with Crippen LogP contribution in [0.2, 0.25) is 0 Å². The third-order valence-electron chi connectivity index (χ3n) is 3.50. The van der Waals surface area contributed by atoms with Crippen LogP contribution in [0, 0.1) is 5.82 Å². The molecule has 0 spiro atoms. The van der Waals surface area contributed by atoms with Gasteiger partial charge in [0.15, 0.2) is 19.0 Å². The maximum atomic E-state index is 12.8. The normalized spacial score (nSPS) is 10.1. The molecule has 0 aromatic heterocycles. The molecule has 0 bridgehead atoms. The Balaban J connectivity index is 1.76. The van der Waals surface area contributed by atoms with Crippen LogP contribution in [-0.2, 0) is 14.3 Å². The standard InChI is InChI=1S/C20H20FNO5/c1-2-3-19(24)22-16-8-4-14(5-9-16)18(23)12-27-20(25)13-26-17-10-6-15(21)7-11-17/h4-11H,2-3,12-13H2,1H3,(H,22,24). The van der Waals surface area contributed by atoms with Crippen molar-refractivity contribution < 1.29 is 28.2 Å². The molecule has 7 heteroatoms. The SMILES string of the molecule is CCCC(=O)Nc1ccc(C(=O)COC(=O)COc2ccc(F)cc2)cc1. The quantitative estimate of drug-likeness (QED) is 0.538. The molecule has 0 unspecified atom stereocenters. The Hall–Kier alpha value is -3.22. The van der Waals surface area contributed by atoms with Gasteiger partial charge in [0.05, 0.1) is 0 Å². The van der Waals surface area contributed by atoms with E-state index in [1.54, 1.807) is 24.3 Å². The lowest BCUT2D eigenvalue weighted by molar-refractivity contribution is -0.144. The van der Waals surface area contributed by atoms with Gasteiger partial charge in [-0.25, -0.2) is 9.18 Å². The maximum absolute atomic E-state index is 12.8. The molecule has 2 aromatic carbocycles. The summed E-state index contributed by atoms with van der Waals surface area (Å²) in [4.78, 5) is 35.2. The van der Waals surface area contributed by atoms with E-state index in [2.05, 4.69) is 5.32 Å². The lowest BCUT2D eigenvalue weighted by atomic mass is 10.1. The van der Waals surface area contributed by atoms with E-state index in [-0.39, 0.29) is 18.3 Å². The molecule has 2 rings (SSSR count). The smallest absolute Gasteiger partial charge is 0.344 e. The third-order valence-corrected chi connectivity index (χ3v) is 3.50. The van der Waals surface area contributed by atoms with Crippen molar-refractivity contribution in [2.75, 3.05) is 18.5 Å². The molecule has 142 valence electrons. The second-order valence-electron chi connectivity index (χ2n) is 5.70. The fraction of sp³-hybridized carbons (Fsp3) is 0.250. The molecule has 2 aromatic rings. The average Bonchev–Trinajstić information content (AvgIpc) is 2.66. The molecular weight excluding hydrogens is 353 g/mol. The molecule has 0 saturated carbocycles. The summed E-state index contributed by atoms with van der Waals surface area (Å²) in [6.45, 7) is 1.10. The van der Waals surface area contributed by atoms with E-state index in [9.17, 15) is 18.8 Å². The van der Waals surface area contributed by atoms with Crippen molar-refractivity contribution in [3.63, 3.8) is 0 Å². The van der Waals surface area contributed by atoms with Gasteiger partial charge in [-0.2, -0.15) is 0 Å². The van der Waals surface area contributed by atoms with Crippen LogP contribution in [0.1, 0.15) is 30.1 Å².